The van der Waals surface area contributed by atoms with Crippen LogP contribution in [0.4, 0.5) is 0 Å². The maximum atomic E-state index is 11.1. The van der Waals surface area contributed by atoms with Gasteiger partial charge >= 0.3 is 0 Å². The second-order valence-electron chi connectivity index (χ2n) is 4.08. The molecule has 0 radical (unpaired) electrons. The average Bonchev–Trinajstić information content (AvgIpc) is 2.05. The Morgan fingerprint density at radius 3 is 3.08 bits per heavy atom. The van der Waals surface area contributed by atoms with Crippen LogP contribution < -0.4 is 5.32 Å². The molecule has 2 aliphatic heterocycles. The summed E-state index contributed by atoms with van der Waals surface area (Å²) in [5.41, 5.74) is 0. The fourth-order valence-corrected chi connectivity index (χ4v) is 1.83. The molecule has 2 atom stereocenters. The van der Waals surface area contributed by atoms with Crippen LogP contribution in [-0.2, 0) is 14.3 Å². The van der Waals surface area contributed by atoms with Gasteiger partial charge in [0.05, 0.1) is 18.8 Å². The summed E-state index contributed by atoms with van der Waals surface area (Å²) < 4.78 is 11.1. The van der Waals surface area contributed by atoms with Gasteiger partial charge in [-0.15, -0.1) is 0 Å². The molecule has 0 aromatic rings. The lowest BCUT2D eigenvalue weighted by molar-refractivity contribution is -0.285. The summed E-state index contributed by atoms with van der Waals surface area (Å²) in [4.78, 5) is 11.1. The van der Waals surface area contributed by atoms with Gasteiger partial charge in [-0.25, -0.2) is 0 Å². The summed E-state index contributed by atoms with van der Waals surface area (Å²) in [7, 11) is 0. The monoisotopic (exact) mass is 185 g/mol. The van der Waals surface area contributed by atoms with E-state index < -0.39 is 5.79 Å². The first-order chi connectivity index (χ1) is 6.07. The second kappa shape index (κ2) is 2.96. The molecule has 0 unspecified atom stereocenters. The predicted octanol–water partition coefficient (Wildman–Crippen LogP) is 0.416. The third-order valence-corrected chi connectivity index (χ3v) is 2.50. The largest absolute Gasteiger partial charge is 0.348 e. The molecule has 4 nitrogen and oxygen atoms in total. The van der Waals surface area contributed by atoms with E-state index in [1.807, 2.05) is 13.8 Å². The van der Waals surface area contributed by atoms with Crippen LogP contribution in [0.15, 0.2) is 0 Å². The van der Waals surface area contributed by atoms with Crippen LogP contribution in [-0.4, -0.2) is 30.4 Å². The van der Waals surface area contributed by atoms with Crippen molar-refractivity contribution in [1.82, 2.24) is 5.32 Å². The van der Waals surface area contributed by atoms with Gasteiger partial charge in [0.15, 0.2) is 5.79 Å². The summed E-state index contributed by atoms with van der Waals surface area (Å²) in [6, 6.07) is 0.0503. The third-order valence-electron chi connectivity index (χ3n) is 2.50. The summed E-state index contributed by atoms with van der Waals surface area (Å²) in [6.45, 7) is 4.36. The fraction of sp³-hybridized carbons (Fsp3) is 0.889. The van der Waals surface area contributed by atoms with Gasteiger partial charge in [-0.1, -0.05) is 0 Å². The Morgan fingerprint density at radius 2 is 2.31 bits per heavy atom. The Hall–Kier alpha value is -0.610. The van der Waals surface area contributed by atoms with Gasteiger partial charge in [0.2, 0.25) is 5.91 Å². The molecule has 0 spiro atoms. The first kappa shape index (κ1) is 8.97. The molecule has 0 saturated carbocycles. The van der Waals surface area contributed by atoms with Crippen LogP contribution in [0.25, 0.3) is 0 Å². The number of hydrogen-bond donors (Lipinski definition) is 1. The van der Waals surface area contributed by atoms with E-state index in [4.69, 9.17) is 9.47 Å². The maximum Gasteiger partial charge on any atom is 0.220 e. The van der Waals surface area contributed by atoms with E-state index in [0.29, 0.717) is 13.0 Å². The molecular weight excluding hydrogens is 170 g/mol. The van der Waals surface area contributed by atoms with Crippen LogP contribution in [0.2, 0.25) is 0 Å². The predicted molar refractivity (Wildman–Crippen MR) is 46.1 cm³/mol. The van der Waals surface area contributed by atoms with Crippen molar-refractivity contribution in [2.75, 3.05) is 6.61 Å². The van der Waals surface area contributed by atoms with Gasteiger partial charge in [0.1, 0.15) is 0 Å². The van der Waals surface area contributed by atoms with E-state index >= 15 is 0 Å². The summed E-state index contributed by atoms with van der Waals surface area (Å²) >= 11 is 0. The number of amides is 1. The fourth-order valence-electron chi connectivity index (χ4n) is 1.83. The molecule has 0 aliphatic carbocycles. The van der Waals surface area contributed by atoms with Crippen LogP contribution in [0.1, 0.15) is 26.7 Å². The van der Waals surface area contributed by atoms with E-state index in [2.05, 4.69) is 5.32 Å². The topological polar surface area (TPSA) is 47.6 Å². The number of ether oxygens (including phenoxy) is 2. The molecule has 2 saturated heterocycles. The lowest BCUT2D eigenvalue weighted by Gasteiger charge is -2.43. The summed E-state index contributed by atoms with van der Waals surface area (Å²) in [6.07, 6.45) is 1.50. The molecule has 0 aromatic heterocycles. The number of hydrogen-bond acceptors (Lipinski definition) is 3. The minimum Gasteiger partial charge on any atom is -0.348 e. The number of carbonyl (C=O) groups excluding carboxylic acids is 1. The lowest BCUT2D eigenvalue weighted by atomic mass is 9.99. The smallest absolute Gasteiger partial charge is 0.220 e. The molecule has 1 amide bonds. The second-order valence-corrected chi connectivity index (χ2v) is 4.08. The quantitative estimate of drug-likeness (QED) is 0.595. The maximum absolute atomic E-state index is 11.1. The lowest BCUT2D eigenvalue weighted by Crippen LogP contribution is -2.58. The van der Waals surface area contributed by atoms with E-state index in [-0.39, 0.29) is 18.1 Å². The Balaban J connectivity index is 2.02. The van der Waals surface area contributed by atoms with Gasteiger partial charge in [0, 0.05) is 6.42 Å². The van der Waals surface area contributed by atoms with Crippen LogP contribution in [0.3, 0.4) is 0 Å². The highest BCUT2D eigenvalue weighted by Gasteiger charge is 2.39. The van der Waals surface area contributed by atoms with Crippen molar-refractivity contribution in [1.29, 1.82) is 0 Å². The SMILES string of the molecule is CC1(C)OC[C@H]2NC(=O)CC[C@H]2O1. The first-order valence-corrected chi connectivity index (χ1v) is 4.68. The van der Waals surface area contributed by atoms with Crippen molar-refractivity contribution in [2.45, 2.75) is 44.6 Å². The number of carbonyl (C=O) groups is 1. The Labute approximate surface area is 77.6 Å². The minimum absolute atomic E-state index is 0.0503. The zero-order chi connectivity index (χ0) is 9.47. The Bertz CT molecular complexity index is 227. The molecule has 0 bridgehead atoms. The zero-order valence-corrected chi connectivity index (χ0v) is 8.00. The zero-order valence-electron chi connectivity index (χ0n) is 8.00. The number of nitrogens with one attached hydrogen (secondary N) is 1. The van der Waals surface area contributed by atoms with Crippen molar-refractivity contribution in [3.8, 4) is 0 Å². The van der Waals surface area contributed by atoms with Crippen molar-refractivity contribution in [2.24, 2.45) is 0 Å². The van der Waals surface area contributed by atoms with Crippen molar-refractivity contribution < 1.29 is 14.3 Å². The minimum atomic E-state index is -0.497. The number of fused-ring (bicyclic) bond motifs is 1. The molecule has 1 N–H and O–H groups in total. The number of rotatable bonds is 0. The van der Waals surface area contributed by atoms with Gasteiger partial charge in [-0.05, 0) is 20.3 Å². The molecule has 13 heavy (non-hydrogen) atoms. The van der Waals surface area contributed by atoms with Gasteiger partial charge in [-0.3, -0.25) is 4.79 Å². The highest BCUT2D eigenvalue weighted by atomic mass is 16.7. The van der Waals surface area contributed by atoms with Gasteiger partial charge in [0.25, 0.3) is 0 Å². The highest BCUT2D eigenvalue weighted by molar-refractivity contribution is 5.77. The summed E-state index contributed by atoms with van der Waals surface area (Å²) in [5.74, 6) is -0.392. The molecule has 74 valence electrons. The van der Waals surface area contributed by atoms with Crippen molar-refractivity contribution >= 4 is 5.91 Å². The van der Waals surface area contributed by atoms with E-state index in [9.17, 15) is 4.79 Å². The van der Waals surface area contributed by atoms with E-state index in [1.54, 1.807) is 0 Å². The van der Waals surface area contributed by atoms with Crippen LogP contribution in [0.5, 0.6) is 0 Å². The number of piperidine rings is 1. The first-order valence-electron chi connectivity index (χ1n) is 4.68. The molecule has 2 aliphatic rings. The molecule has 0 aromatic carbocycles. The van der Waals surface area contributed by atoms with Crippen LogP contribution in [0, 0.1) is 0 Å². The molecule has 2 fully saturated rings. The third kappa shape index (κ3) is 1.84. The normalized spacial score (nSPS) is 37.8. The van der Waals surface area contributed by atoms with Crippen LogP contribution >= 0.6 is 0 Å². The standard InChI is InChI=1S/C9H15NO3/c1-9(2)12-5-6-7(13-9)3-4-8(11)10-6/h6-7H,3-5H2,1-2H3,(H,10,11)/t6-,7-/m1/s1. The van der Waals surface area contributed by atoms with E-state index in [1.165, 1.54) is 0 Å². The van der Waals surface area contributed by atoms with Gasteiger partial charge in [-0.2, -0.15) is 0 Å². The molecule has 2 heterocycles. The summed E-state index contributed by atoms with van der Waals surface area (Å²) in [5, 5.41) is 2.87. The highest BCUT2D eigenvalue weighted by Crippen LogP contribution is 2.26. The molecule has 2 rings (SSSR count). The Morgan fingerprint density at radius 1 is 1.54 bits per heavy atom. The Kier molecular flexibility index (Phi) is 2.04. The molecule has 4 heteroatoms. The average molecular weight is 185 g/mol. The van der Waals surface area contributed by atoms with Crippen molar-refractivity contribution in [3.63, 3.8) is 0 Å². The van der Waals surface area contributed by atoms with Crippen molar-refractivity contribution in [3.05, 3.63) is 0 Å². The van der Waals surface area contributed by atoms with E-state index in [0.717, 1.165) is 6.42 Å². The molecular formula is C9H15NO3. The van der Waals surface area contributed by atoms with Gasteiger partial charge < -0.3 is 14.8 Å².